The van der Waals surface area contributed by atoms with Crippen LogP contribution in [0.2, 0.25) is 0 Å². The van der Waals surface area contributed by atoms with Crippen LogP contribution in [-0.4, -0.2) is 36.8 Å². The van der Waals surface area contributed by atoms with Gasteiger partial charge in [0.25, 0.3) is 0 Å². The van der Waals surface area contributed by atoms with Crippen molar-refractivity contribution in [1.29, 1.82) is 0 Å². The molecule has 0 bridgehead atoms. The molecule has 2 aromatic carbocycles. The minimum absolute atomic E-state index is 0.198. The Balaban J connectivity index is 1.80. The van der Waals surface area contributed by atoms with Gasteiger partial charge in [0.15, 0.2) is 0 Å². The van der Waals surface area contributed by atoms with Gasteiger partial charge in [-0.05, 0) is 51.4 Å². The van der Waals surface area contributed by atoms with Gasteiger partial charge in [-0.1, -0.05) is 18.2 Å². The van der Waals surface area contributed by atoms with Gasteiger partial charge in [0.05, 0.1) is 27.9 Å². The second-order valence-electron chi connectivity index (χ2n) is 8.62. The number of aryl methyl sites for hydroxylation is 3. The first-order valence-corrected chi connectivity index (χ1v) is 11.6. The van der Waals surface area contributed by atoms with Crippen LogP contribution in [0.5, 0.6) is 0 Å². The molecule has 2 N–H and O–H groups in total. The van der Waals surface area contributed by atoms with Crippen LogP contribution in [0.25, 0.3) is 44.2 Å². The van der Waals surface area contributed by atoms with Crippen LogP contribution in [0, 0.1) is 13.8 Å². The molecule has 9 nitrogen and oxygen atoms in total. The number of fused-ring (bicyclic) bond motifs is 3. The fourth-order valence-electron chi connectivity index (χ4n) is 4.32. The van der Waals surface area contributed by atoms with Gasteiger partial charge in [0, 0.05) is 36.1 Å². The Morgan fingerprint density at radius 2 is 1.69 bits per heavy atom. The number of nitrogens with two attached hydrogens (primary N) is 1. The SMILES string of the molecule is CC(=O)On1c(=O)c(-c2cn(CCCCN)c3ccccc23)nc2cc3nc(C)c(C)nc3cc21. The molecule has 5 aromatic rings. The van der Waals surface area contributed by atoms with Gasteiger partial charge in [-0.3, -0.25) is 4.79 Å². The fourth-order valence-corrected chi connectivity index (χ4v) is 4.32. The molecule has 178 valence electrons. The van der Waals surface area contributed by atoms with Gasteiger partial charge in [0.1, 0.15) is 11.2 Å². The van der Waals surface area contributed by atoms with Crippen LogP contribution in [0.15, 0.2) is 47.4 Å². The lowest BCUT2D eigenvalue weighted by molar-refractivity contribution is -0.141. The maximum atomic E-state index is 13.7. The monoisotopic (exact) mass is 470 g/mol. The van der Waals surface area contributed by atoms with Crippen molar-refractivity contribution >= 4 is 38.9 Å². The zero-order valence-corrected chi connectivity index (χ0v) is 19.9. The van der Waals surface area contributed by atoms with Crippen molar-refractivity contribution in [1.82, 2.24) is 24.2 Å². The first-order chi connectivity index (χ1) is 16.9. The van der Waals surface area contributed by atoms with Crippen LogP contribution in [0.4, 0.5) is 0 Å². The maximum absolute atomic E-state index is 13.7. The van der Waals surface area contributed by atoms with E-state index in [0.29, 0.717) is 34.2 Å². The van der Waals surface area contributed by atoms with Crippen molar-refractivity contribution < 1.29 is 9.63 Å². The van der Waals surface area contributed by atoms with Crippen molar-refractivity contribution in [3.05, 3.63) is 64.3 Å². The summed E-state index contributed by atoms with van der Waals surface area (Å²) < 4.78 is 3.12. The molecule has 0 spiro atoms. The van der Waals surface area contributed by atoms with E-state index in [1.54, 1.807) is 12.1 Å². The molecule has 35 heavy (non-hydrogen) atoms. The standard InChI is InChI=1S/C26H26N6O3/c1-15-16(2)29-21-13-24-22(12-20(21)28-15)30-25(26(34)32(24)35-17(3)33)19-14-31(11-7-6-10-27)23-9-5-4-8-18(19)23/h4-5,8-9,12-14H,6-7,10-11,27H2,1-3H3. The number of carbonyl (C=O) groups is 1. The largest absolute Gasteiger partial charge is 0.347 e. The molecule has 0 aliphatic rings. The van der Waals surface area contributed by atoms with E-state index in [4.69, 9.17) is 15.6 Å². The highest BCUT2D eigenvalue weighted by Crippen LogP contribution is 2.30. The van der Waals surface area contributed by atoms with Gasteiger partial charge < -0.3 is 15.1 Å². The third kappa shape index (κ3) is 4.04. The molecule has 5 rings (SSSR count). The summed E-state index contributed by atoms with van der Waals surface area (Å²) in [6.07, 6.45) is 3.76. The van der Waals surface area contributed by atoms with Crippen molar-refractivity contribution in [2.24, 2.45) is 5.73 Å². The topological polar surface area (TPSA) is 118 Å². The van der Waals surface area contributed by atoms with E-state index in [-0.39, 0.29) is 5.69 Å². The average Bonchev–Trinajstić information content (AvgIpc) is 3.19. The Morgan fingerprint density at radius 3 is 2.40 bits per heavy atom. The second kappa shape index (κ2) is 8.92. The number of hydrogen-bond acceptors (Lipinski definition) is 7. The van der Waals surface area contributed by atoms with Crippen molar-refractivity contribution in [2.45, 2.75) is 40.2 Å². The number of carbonyl (C=O) groups excluding carboxylic acids is 1. The maximum Gasteiger partial charge on any atom is 0.330 e. The molecular weight excluding hydrogens is 444 g/mol. The number of nitrogens with zero attached hydrogens (tertiary/aromatic N) is 5. The van der Waals surface area contributed by atoms with Crippen LogP contribution in [-0.2, 0) is 11.3 Å². The number of hydrogen-bond donors (Lipinski definition) is 1. The van der Waals surface area contributed by atoms with Gasteiger partial charge in [-0.25, -0.2) is 19.7 Å². The van der Waals surface area contributed by atoms with E-state index in [1.165, 1.54) is 6.92 Å². The molecule has 0 aliphatic heterocycles. The number of unbranched alkanes of at least 4 members (excludes halogenated alkanes) is 1. The Kier molecular flexibility index (Phi) is 5.78. The molecule has 0 amide bonds. The van der Waals surface area contributed by atoms with Gasteiger partial charge in [-0.15, -0.1) is 4.73 Å². The summed E-state index contributed by atoms with van der Waals surface area (Å²) in [4.78, 5) is 44.9. The molecule has 0 atom stereocenters. The van der Waals surface area contributed by atoms with Gasteiger partial charge >= 0.3 is 11.5 Å². The van der Waals surface area contributed by atoms with Crippen LogP contribution < -0.4 is 16.1 Å². The molecule has 0 fully saturated rings. The molecule has 9 heteroatoms. The summed E-state index contributed by atoms with van der Waals surface area (Å²) in [5.74, 6) is -0.610. The predicted octanol–water partition coefficient (Wildman–Crippen LogP) is 3.29. The van der Waals surface area contributed by atoms with E-state index in [1.807, 2.05) is 44.3 Å². The number of aromatic nitrogens is 5. The summed E-state index contributed by atoms with van der Waals surface area (Å²) in [6, 6.07) is 11.3. The predicted molar refractivity (Wildman–Crippen MR) is 135 cm³/mol. The molecule has 3 heterocycles. The van der Waals surface area contributed by atoms with E-state index < -0.39 is 11.5 Å². The van der Waals surface area contributed by atoms with Crippen LogP contribution >= 0.6 is 0 Å². The van der Waals surface area contributed by atoms with Crippen molar-refractivity contribution in [3.8, 4) is 11.3 Å². The average molecular weight is 471 g/mol. The number of benzene rings is 2. The molecule has 3 aromatic heterocycles. The highest BCUT2D eigenvalue weighted by Gasteiger charge is 2.20. The van der Waals surface area contributed by atoms with Crippen LogP contribution in [0.1, 0.15) is 31.2 Å². The molecule has 0 aliphatic carbocycles. The summed E-state index contributed by atoms with van der Waals surface area (Å²) in [5.41, 5.74) is 10.7. The summed E-state index contributed by atoms with van der Waals surface area (Å²) in [6.45, 7) is 6.42. The van der Waals surface area contributed by atoms with Gasteiger partial charge in [-0.2, -0.15) is 0 Å². The lowest BCUT2D eigenvalue weighted by Crippen LogP contribution is -2.31. The molecule has 0 saturated carbocycles. The van der Waals surface area contributed by atoms with E-state index in [9.17, 15) is 9.59 Å². The molecule has 0 saturated heterocycles. The molecule has 0 unspecified atom stereocenters. The number of para-hydroxylation sites is 1. The van der Waals surface area contributed by atoms with Crippen molar-refractivity contribution in [3.63, 3.8) is 0 Å². The van der Waals surface area contributed by atoms with Gasteiger partial charge in [0.2, 0.25) is 0 Å². The Hall–Kier alpha value is -4.11. The molecular formula is C26H26N6O3. The lowest BCUT2D eigenvalue weighted by Gasteiger charge is -2.12. The first kappa shape index (κ1) is 22.7. The third-order valence-electron chi connectivity index (χ3n) is 6.13. The van der Waals surface area contributed by atoms with E-state index >= 15 is 0 Å². The highest BCUT2D eigenvalue weighted by molar-refractivity contribution is 5.97. The molecule has 0 radical (unpaired) electrons. The highest BCUT2D eigenvalue weighted by atomic mass is 16.7. The smallest absolute Gasteiger partial charge is 0.330 e. The third-order valence-corrected chi connectivity index (χ3v) is 6.13. The Labute approximate surface area is 201 Å². The summed E-state index contributed by atoms with van der Waals surface area (Å²) in [5, 5.41) is 0.894. The lowest BCUT2D eigenvalue weighted by atomic mass is 10.1. The zero-order valence-electron chi connectivity index (χ0n) is 19.9. The summed E-state index contributed by atoms with van der Waals surface area (Å²) >= 11 is 0. The quantitative estimate of drug-likeness (QED) is 0.299. The number of rotatable bonds is 6. The van der Waals surface area contributed by atoms with E-state index in [2.05, 4.69) is 14.5 Å². The Bertz CT molecular complexity index is 1670. The zero-order chi connectivity index (χ0) is 24.7. The van der Waals surface area contributed by atoms with Crippen LogP contribution in [0.3, 0.4) is 0 Å². The minimum atomic E-state index is -0.610. The first-order valence-electron chi connectivity index (χ1n) is 11.6. The summed E-state index contributed by atoms with van der Waals surface area (Å²) in [7, 11) is 0. The minimum Gasteiger partial charge on any atom is -0.347 e. The second-order valence-corrected chi connectivity index (χ2v) is 8.62. The fraction of sp³-hybridized carbons (Fsp3) is 0.269. The van der Waals surface area contributed by atoms with E-state index in [0.717, 1.165) is 46.4 Å². The normalized spacial score (nSPS) is 11.5. The Morgan fingerprint density at radius 1 is 0.971 bits per heavy atom. The van der Waals surface area contributed by atoms with Crippen molar-refractivity contribution in [2.75, 3.05) is 6.54 Å².